The zero-order valence-corrected chi connectivity index (χ0v) is 12.5. The van der Waals surface area contributed by atoms with E-state index in [9.17, 15) is 0 Å². The molecule has 0 radical (unpaired) electrons. The first kappa shape index (κ1) is 14.9. The third-order valence-corrected chi connectivity index (χ3v) is 3.23. The Kier molecular flexibility index (Phi) is 4.82. The third-order valence-electron chi connectivity index (χ3n) is 3.23. The normalized spacial score (nSPS) is 11.3. The molecule has 0 aliphatic carbocycles. The van der Waals surface area contributed by atoms with Crippen LogP contribution in [0.3, 0.4) is 0 Å². The van der Waals surface area contributed by atoms with Crippen LogP contribution in [0.1, 0.15) is 23.6 Å². The summed E-state index contributed by atoms with van der Waals surface area (Å²) in [5.41, 5.74) is 3.45. The van der Waals surface area contributed by atoms with Gasteiger partial charge in [-0.1, -0.05) is 23.4 Å². The second-order valence-corrected chi connectivity index (χ2v) is 4.82. The van der Waals surface area contributed by atoms with Gasteiger partial charge < -0.3 is 14.7 Å². The van der Waals surface area contributed by atoms with Gasteiger partial charge in [-0.2, -0.15) is 0 Å². The van der Waals surface area contributed by atoms with Crippen molar-refractivity contribution in [3.05, 3.63) is 59.2 Å². The molecule has 0 atom stereocenters. The summed E-state index contributed by atoms with van der Waals surface area (Å²) in [7, 11) is 1.64. The predicted molar refractivity (Wildman–Crippen MR) is 82.5 cm³/mol. The van der Waals surface area contributed by atoms with E-state index in [0.717, 1.165) is 22.4 Å². The Labute approximate surface area is 124 Å². The highest BCUT2D eigenvalue weighted by Gasteiger charge is 2.08. The van der Waals surface area contributed by atoms with E-state index in [1.807, 2.05) is 49.4 Å². The SMILES string of the molecule is COc1ccc(COc2cc(C)ccc2C(C)=NO)cc1. The van der Waals surface area contributed by atoms with Gasteiger partial charge in [0.05, 0.1) is 12.8 Å². The maximum atomic E-state index is 8.94. The number of methoxy groups -OCH3 is 1. The van der Waals surface area contributed by atoms with Gasteiger partial charge >= 0.3 is 0 Å². The lowest BCUT2D eigenvalue weighted by Crippen LogP contribution is -2.03. The minimum atomic E-state index is 0.444. The van der Waals surface area contributed by atoms with Crippen LogP contribution in [0.2, 0.25) is 0 Å². The number of hydrogen-bond acceptors (Lipinski definition) is 4. The summed E-state index contributed by atoms with van der Waals surface area (Å²) in [5.74, 6) is 1.53. The third kappa shape index (κ3) is 3.75. The molecule has 110 valence electrons. The Balaban J connectivity index is 2.16. The van der Waals surface area contributed by atoms with E-state index in [1.165, 1.54) is 0 Å². The van der Waals surface area contributed by atoms with Crippen LogP contribution < -0.4 is 9.47 Å². The largest absolute Gasteiger partial charge is 0.497 e. The van der Waals surface area contributed by atoms with E-state index < -0.39 is 0 Å². The van der Waals surface area contributed by atoms with Gasteiger partial charge in [0.25, 0.3) is 0 Å². The Morgan fingerprint density at radius 2 is 1.86 bits per heavy atom. The van der Waals surface area contributed by atoms with Crippen molar-refractivity contribution in [3.8, 4) is 11.5 Å². The van der Waals surface area contributed by atoms with Crippen LogP contribution in [0.4, 0.5) is 0 Å². The summed E-state index contributed by atoms with van der Waals surface area (Å²) < 4.78 is 11.0. The molecule has 0 heterocycles. The van der Waals surface area contributed by atoms with E-state index in [1.54, 1.807) is 14.0 Å². The molecule has 2 rings (SSSR count). The van der Waals surface area contributed by atoms with Crippen LogP contribution >= 0.6 is 0 Å². The second kappa shape index (κ2) is 6.79. The first-order valence-corrected chi connectivity index (χ1v) is 6.69. The fourth-order valence-corrected chi connectivity index (χ4v) is 1.98. The lowest BCUT2D eigenvalue weighted by molar-refractivity contribution is 0.303. The molecular weight excluding hydrogens is 266 g/mol. The fourth-order valence-electron chi connectivity index (χ4n) is 1.98. The minimum Gasteiger partial charge on any atom is -0.497 e. The molecule has 0 spiro atoms. The Hall–Kier alpha value is -2.49. The standard InChI is InChI=1S/C17H19NO3/c1-12-4-9-16(13(2)18-19)17(10-12)21-11-14-5-7-15(20-3)8-6-14/h4-10,19H,11H2,1-3H3. The van der Waals surface area contributed by atoms with Crippen molar-refractivity contribution in [3.63, 3.8) is 0 Å². The molecule has 0 fully saturated rings. The Bertz CT molecular complexity index is 633. The Morgan fingerprint density at radius 1 is 1.14 bits per heavy atom. The van der Waals surface area contributed by atoms with Crippen molar-refractivity contribution < 1.29 is 14.7 Å². The molecule has 4 nitrogen and oxygen atoms in total. The number of nitrogens with zero attached hydrogens (tertiary/aromatic N) is 1. The van der Waals surface area contributed by atoms with Crippen LogP contribution in [0.5, 0.6) is 11.5 Å². The van der Waals surface area contributed by atoms with Gasteiger partial charge in [0, 0.05) is 5.56 Å². The van der Waals surface area contributed by atoms with Crippen LogP contribution in [-0.2, 0) is 6.61 Å². The van der Waals surface area contributed by atoms with Crippen molar-refractivity contribution in [2.75, 3.05) is 7.11 Å². The molecule has 21 heavy (non-hydrogen) atoms. The van der Waals surface area contributed by atoms with Gasteiger partial charge in [0.1, 0.15) is 18.1 Å². The van der Waals surface area contributed by atoms with Crippen LogP contribution in [-0.4, -0.2) is 18.0 Å². The van der Waals surface area contributed by atoms with Gasteiger partial charge in [0.2, 0.25) is 0 Å². The van der Waals surface area contributed by atoms with Crippen LogP contribution in [0, 0.1) is 6.92 Å². The summed E-state index contributed by atoms with van der Waals surface area (Å²) >= 11 is 0. The van der Waals surface area contributed by atoms with E-state index >= 15 is 0 Å². The van der Waals surface area contributed by atoms with Gasteiger partial charge in [-0.15, -0.1) is 0 Å². The van der Waals surface area contributed by atoms with Gasteiger partial charge in [0.15, 0.2) is 0 Å². The summed E-state index contributed by atoms with van der Waals surface area (Å²) in [6.45, 7) is 4.18. The van der Waals surface area contributed by atoms with Gasteiger partial charge in [-0.05, 0) is 49.2 Å². The zero-order valence-electron chi connectivity index (χ0n) is 12.5. The van der Waals surface area contributed by atoms with Crippen LogP contribution in [0.15, 0.2) is 47.6 Å². The molecule has 0 aliphatic heterocycles. The molecule has 0 aromatic heterocycles. The molecule has 0 saturated carbocycles. The molecular formula is C17H19NO3. The average Bonchev–Trinajstić information content (AvgIpc) is 2.52. The Morgan fingerprint density at radius 3 is 2.48 bits per heavy atom. The topological polar surface area (TPSA) is 51.0 Å². The van der Waals surface area contributed by atoms with E-state index in [0.29, 0.717) is 18.1 Å². The van der Waals surface area contributed by atoms with E-state index in [2.05, 4.69) is 5.16 Å². The zero-order chi connectivity index (χ0) is 15.2. The van der Waals surface area contributed by atoms with Crippen molar-refractivity contribution in [2.45, 2.75) is 20.5 Å². The number of rotatable bonds is 5. The highest BCUT2D eigenvalue weighted by atomic mass is 16.5. The number of ether oxygens (including phenoxy) is 2. The maximum absolute atomic E-state index is 8.94. The average molecular weight is 285 g/mol. The molecule has 2 aromatic carbocycles. The number of aryl methyl sites for hydroxylation is 1. The monoisotopic (exact) mass is 285 g/mol. The summed E-state index contributed by atoms with van der Waals surface area (Å²) in [6.07, 6.45) is 0. The predicted octanol–water partition coefficient (Wildman–Crippen LogP) is 3.78. The first-order valence-electron chi connectivity index (χ1n) is 6.69. The van der Waals surface area contributed by atoms with E-state index in [-0.39, 0.29) is 0 Å². The highest BCUT2D eigenvalue weighted by Crippen LogP contribution is 2.23. The molecule has 0 bridgehead atoms. The molecule has 0 saturated heterocycles. The lowest BCUT2D eigenvalue weighted by atomic mass is 10.1. The summed E-state index contributed by atoms with van der Waals surface area (Å²) in [6, 6.07) is 13.5. The van der Waals surface area contributed by atoms with Gasteiger partial charge in [-0.3, -0.25) is 0 Å². The van der Waals surface area contributed by atoms with Crippen molar-refractivity contribution in [2.24, 2.45) is 5.16 Å². The molecule has 0 amide bonds. The molecule has 2 aromatic rings. The van der Waals surface area contributed by atoms with Crippen LogP contribution in [0.25, 0.3) is 0 Å². The van der Waals surface area contributed by atoms with Crippen molar-refractivity contribution >= 4 is 5.71 Å². The van der Waals surface area contributed by atoms with Crippen molar-refractivity contribution in [1.82, 2.24) is 0 Å². The second-order valence-electron chi connectivity index (χ2n) is 4.82. The highest BCUT2D eigenvalue weighted by molar-refractivity contribution is 6.00. The number of hydrogen-bond donors (Lipinski definition) is 1. The quantitative estimate of drug-likeness (QED) is 0.516. The summed E-state index contributed by atoms with van der Waals surface area (Å²) in [4.78, 5) is 0. The smallest absolute Gasteiger partial charge is 0.129 e. The summed E-state index contributed by atoms with van der Waals surface area (Å²) in [5, 5.41) is 12.2. The number of benzene rings is 2. The molecule has 4 heteroatoms. The van der Waals surface area contributed by atoms with Gasteiger partial charge in [-0.25, -0.2) is 0 Å². The first-order chi connectivity index (χ1) is 10.1. The number of oxime groups is 1. The molecule has 0 aliphatic rings. The maximum Gasteiger partial charge on any atom is 0.129 e. The lowest BCUT2D eigenvalue weighted by Gasteiger charge is -2.12. The molecule has 1 N–H and O–H groups in total. The minimum absolute atomic E-state index is 0.444. The van der Waals surface area contributed by atoms with E-state index in [4.69, 9.17) is 14.7 Å². The van der Waals surface area contributed by atoms with Crippen molar-refractivity contribution in [1.29, 1.82) is 0 Å². The molecule has 0 unspecified atom stereocenters. The fraction of sp³-hybridized carbons (Fsp3) is 0.235.